The second kappa shape index (κ2) is 4.37. The number of nitrogens with zero attached hydrogens (tertiary/aromatic N) is 2. The minimum Gasteiger partial charge on any atom is -0.398 e. The quantitative estimate of drug-likeness (QED) is 0.826. The van der Waals surface area contributed by atoms with Gasteiger partial charge in [-0.3, -0.25) is 4.68 Å². The van der Waals surface area contributed by atoms with Crippen LogP contribution in [0.1, 0.15) is 6.92 Å². The smallest absolute Gasteiger partial charge is 0.151 e. The fourth-order valence-corrected chi connectivity index (χ4v) is 2.41. The monoisotopic (exact) mass is 253 g/mol. The molecular formula is C11H15N3O2S. The second-order valence-electron chi connectivity index (χ2n) is 3.88. The lowest BCUT2D eigenvalue weighted by atomic mass is 10.2. The Kier molecular flexibility index (Phi) is 3.06. The van der Waals surface area contributed by atoms with Gasteiger partial charge in [0, 0.05) is 16.8 Å². The van der Waals surface area contributed by atoms with E-state index in [1.807, 2.05) is 12.1 Å². The molecule has 0 saturated carbocycles. The predicted molar refractivity (Wildman–Crippen MR) is 68.5 cm³/mol. The van der Waals surface area contributed by atoms with E-state index in [0.29, 0.717) is 12.2 Å². The first kappa shape index (κ1) is 11.9. The number of hydrogen-bond donors (Lipinski definition) is 1. The van der Waals surface area contributed by atoms with Crippen molar-refractivity contribution in [2.45, 2.75) is 13.5 Å². The number of aryl methyl sites for hydroxylation is 1. The Morgan fingerprint density at radius 2 is 2.18 bits per heavy atom. The summed E-state index contributed by atoms with van der Waals surface area (Å²) in [6, 6.07) is 5.53. The van der Waals surface area contributed by atoms with E-state index in [-0.39, 0.29) is 11.5 Å². The SMILES string of the molecule is CCS(=O)(=O)CCn1ncc2c(N)cccc21. The van der Waals surface area contributed by atoms with E-state index < -0.39 is 9.84 Å². The van der Waals surface area contributed by atoms with Crippen molar-refractivity contribution in [3.05, 3.63) is 24.4 Å². The van der Waals surface area contributed by atoms with Crippen LogP contribution in [0.5, 0.6) is 0 Å². The van der Waals surface area contributed by atoms with Crippen LogP contribution in [-0.4, -0.2) is 29.7 Å². The zero-order valence-electron chi connectivity index (χ0n) is 9.63. The Morgan fingerprint density at radius 1 is 1.41 bits per heavy atom. The summed E-state index contributed by atoms with van der Waals surface area (Å²) in [5.41, 5.74) is 7.34. The van der Waals surface area contributed by atoms with Gasteiger partial charge < -0.3 is 5.73 Å². The lowest BCUT2D eigenvalue weighted by Gasteiger charge is -2.04. The first-order valence-electron chi connectivity index (χ1n) is 5.44. The maximum Gasteiger partial charge on any atom is 0.151 e. The zero-order valence-corrected chi connectivity index (χ0v) is 10.4. The fraction of sp³-hybridized carbons (Fsp3) is 0.364. The molecule has 2 rings (SSSR count). The molecule has 0 bridgehead atoms. The summed E-state index contributed by atoms with van der Waals surface area (Å²) >= 11 is 0. The Hall–Kier alpha value is -1.56. The molecule has 92 valence electrons. The molecule has 2 N–H and O–H groups in total. The number of aromatic nitrogens is 2. The van der Waals surface area contributed by atoms with E-state index in [0.717, 1.165) is 10.9 Å². The maximum absolute atomic E-state index is 11.4. The zero-order chi connectivity index (χ0) is 12.5. The van der Waals surface area contributed by atoms with Crippen LogP contribution in [0.2, 0.25) is 0 Å². The molecule has 0 aliphatic rings. The van der Waals surface area contributed by atoms with E-state index in [9.17, 15) is 8.42 Å². The predicted octanol–water partition coefficient (Wildman–Crippen LogP) is 1.05. The standard InChI is InChI=1S/C11H15N3O2S/c1-2-17(15,16)7-6-14-11-5-3-4-10(12)9(11)8-13-14/h3-5,8H,2,6-7,12H2,1H3. The molecule has 0 aliphatic heterocycles. The molecule has 0 fully saturated rings. The van der Waals surface area contributed by atoms with Gasteiger partial charge in [0.25, 0.3) is 0 Å². The minimum atomic E-state index is -2.97. The number of sulfone groups is 1. The van der Waals surface area contributed by atoms with Gasteiger partial charge in [-0.25, -0.2) is 8.42 Å². The van der Waals surface area contributed by atoms with Crippen LogP contribution < -0.4 is 5.73 Å². The highest BCUT2D eigenvalue weighted by Gasteiger charge is 2.10. The Balaban J connectivity index is 2.29. The summed E-state index contributed by atoms with van der Waals surface area (Å²) in [4.78, 5) is 0. The Labute approximate surface area is 100 Å². The molecule has 1 aromatic carbocycles. The Morgan fingerprint density at radius 3 is 2.88 bits per heavy atom. The van der Waals surface area contributed by atoms with Crippen LogP contribution in [0.3, 0.4) is 0 Å². The fourth-order valence-electron chi connectivity index (χ4n) is 1.67. The molecule has 1 heterocycles. The molecule has 0 saturated heterocycles. The highest BCUT2D eigenvalue weighted by molar-refractivity contribution is 7.91. The molecule has 0 atom stereocenters. The van der Waals surface area contributed by atoms with Gasteiger partial charge in [-0.15, -0.1) is 0 Å². The van der Waals surface area contributed by atoms with Crippen molar-refractivity contribution in [3.8, 4) is 0 Å². The van der Waals surface area contributed by atoms with Crippen LogP contribution in [0.15, 0.2) is 24.4 Å². The van der Waals surface area contributed by atoms with Crippen LogP contribution in [0.4, 0.5) is 5.69 Å². The van der Waals surface area contributed by atoms with E-state index in [2.05, 4.69) is 5.10 Å². The topological polar surface area (TPSA) is 78.0 Å². The highest BCUT2D eigenvalue weighted by atomic mass is 32.2. The summed E-state index contributed by atoms with van der Waals surface area (Å²) in [6.07, 6.45) is 1.67. The first-order valence-corrected chi connectivity index (χ1v) is 7.26. The van der Waals surface area contributed by atoms with Crippen molar-refractivity contribution in [3.63, 3.8) is 0 Å². The maximum atomic E-state index is 11.4. The normalized spacial score (nSPS) is 12.1. The molecule has 0 spiro atoms. The lowest BCUT2D eigenvalue weighted by molar-refractivity contribution is 0.585. The first-order chi connectivity index (χ1) is 8.03. The third kappa shape index (κ3) is 2.41. The number of hydrogen-bond acceptors (Lipinski definition) is 4. The summed E-state index contributed by atoms with van der Waals surface area (Å²) in [5, 5.41) is 5.03. The molecule has 0 radical (unpaired) electrons. The van der Waals surface area contributed by atoms with Crippen molar-refractivity contribution >= 4 is 26.4 Å². The summed E-state index contributed by atoms with van der Waals surface area (Å²) in [6.45, 7) is 2.01. The highest BCUT2D eigenvalue weighted by Crippen LogP contribution is 2.19. The molecular weight excluding hydrogens is 238 g/mol. The number of nitrogens with two attached hydrogens (primary N) is 1. The van der Waals surface area contributed by atoms with Gasteiger partial charge >= 0.3 is 0 Å². The lowest BCUT2D eigenvalue weighted by Crippen LogP contribution is -2.15. The van der Waals surface area contributed by atoms with Crippen molar-refractivity contribution in [1.82, 2.24) is 9.78 Å². The van der Waals surface area contributed by atoms with E-state index in [1.54, 1.807) is 23.9 Å². The second-order valence-corrected chi connectivity index (χ2v) is 6.36. The average Bonchev–Trinajstić information content (AvgIpc) is 2.71. The van der Waals surface area contributed by atoms with Crippen molar-refractivity contribution < 1.29 is 8.42 Å². The number of anilines is 1. The van der Waals surface area contributed by atoms with Crippen LogP contribution in [0.25, 0.3) is 10.9 Å². The van der Waals surface area contributed by atoms with Crippen molar-refractivity contribution in [1.29, 1.82) is 0 Å². The molecule has 0 aliphatic carbocycles. The van der Waals surface area contributed by atoms with Crippen LogP contribution in [-0.2, 0) is 16.4 Å². The van der Waals surface area contributed by atoms with Crippen molar-refractivity contribution in [2.24, 2.45) is 0 Å². The minimum absolute atomic E-state index is 0.106. The summed E-state index contributed by atoms with van der Waals surface area (Å²) < 4.78 is 24.5. The van der Waals surface area contributed by atoms with Gasteiger partial charge in [0.05, 0.1) is 24.0 Å². The Bertz CT molecular complexity index is 631. The van der Waals surface area contributed by atoms with Crippen molar-refractivity contribution in [2.75, 3.05) is 17.2 Å². The largest absolute Gasteiger partial charge is 0.398 e. The molecule has 2 aromatic rings. The van der Waals surface area contributed by atoms with E-state index in [4.69, 9.17) is 5.73 Å². The van der Waals surface area contributed by atoms with E-state index >= 15 is 0 Å². The van der Waals surface area contributed by atoms with Gasteiger partial charge in [-0.1, -0.05) is 13.0 Å². The molecule has 1 aromatic heterocycles. The third-order valence-electron chi connectivity index (χ3n) is 2.78. The molecule has 0 unspecified atom stereocenters. The molecule has 6 heteroatoms. The van der Waals surface area contributed by atoms with E-state index in [1.165, 1.54) is 0 Å². The summed E-state index contributed by atoms with van der Waals surface area (Å²) in [7, 11) is -2.97. The van der Waals surface area contributed by atoms with Gasteiger partial charge in [0.15, 0.2) is 9.84 Å². The molecule has 0 amide bonds. The molecule has 5 nitrogen and oxygen atoms in total. The summed E-state index contributed by atoms with van der Waals surface area (Å²) in [5.74, 6) is 0.267. The molecule has 17 heavy (non-hydrogen) atoms. The van der Waals surface area contributed by atoms with Gasteiger partial charge in [0.1, 0.15) is 0 Å². The van der Waals surface area contributed by atoms with Crippen LogP contribution in [0, 0.1) is 0 Å². The average molecular weight is 253 g/mol. The third-order valence-corrected chi connectivity index (χ3v) is 4.46. The number of fused-ring (bicyclic) bond motifs is 1. The van der Waals surface area contributed by atoms with Crippen LogP contribution >= 0.6 is 0 Å². The number of benzene rings is 1. The van der Waals surface area contributed by atoms with Gasteiger partial charge in [-0.05, 0) is 12.1 Å². The number of nitrogen functional groups attached to an aromatic ring is 1. The van der Waals surface area contributed by atoms with Gasteiger partial charge in [-0.2, -0.15) is 5.10 Å². The number of rotatable bonds is 4. The van der Waals surface area contributed by atoms with Gasteiger partial charge in [0.2, 0.25) is 0 Å².